The van der Waals surface area contributed by atoms with Crippen molar-refractivity contribution in [2.24, 2.45) is 0 Å². The molecule has 0 saturated carbocycles. The first kappa shape index (κ1) is 10.7. The standard InChI is InChI=1S/C4H10N2O3S2/c1-11(8,9)6-3-2-5-4(7)10/h6H,2-3H2,1H3,(H2,5,7,10). The molecule has 0 spiro atoms. The Morgan fingerprint density at radius 2 is 2.00 bits per heavy atom. The fourth-order valence-corrected chi connectivity index (χ4v) is 0.991. The van der Waals surface area contributed by atoms with Crippen LogP contribution < -0.4 is 10.0 Å². The Bertz CT molecular complexity index is 223. The van der Waals surface area contributed by atoms with Gasteiger partial charge in [-0.25, -0.2) is 13.1 Å². The highest BCUT2D eigenvalue weighted by Gasteiger charge is 1.98. The Kier molecular flexibility index (Phi) is 4.46. The van der Waals surface area contributed by atoms with E-state index in [1.807, 2.05) is 0 Å². The molecule has 5 nitrogen and oxygen atoms in total. The largest absolute Gasteiger partial charge is 0.346 e. The van der Waals surface area contributed by atoms with Gasteiger partial charge in [0.25, 0.3) is 5.24 Å². The molecule has 0 rings (SSSR count). The lowest BCUT2D eigenvalue weighted by Gasteiger charge is -2.01. The molecule has 0 aromatic rings. The summed E-state index contributed by atoms with van der Waals surface area (Å²) in [5, 5.41) is 1.84. The first-order valence-corrected chi connectivity index (χ1v) is 5.17. The molecule has 66 valence electrons. The second kappa shape index (κ2) is 4.58. The molecule has 0 heterocycles. The van der Waals surface area contributed by atoms with Crippen LogP contribution in [0, 0.1) is 0 Å². The van der Waals surface area contributed by atoms with E-state index in [4.69, 9.17) is 0 Å². The van der Waals surface area contributed by atoms with Crippen molar-refractivity contribution in [1.29, 1.82) is 0 Å². The van der Waals surface area contributed by atoms with Crippen LogP contribution in [0.15, 0.2) is 0 Å². The van der Waals surface area contributed by atoms with Crippen LogP contribution in [-0.4, -0.2) is 33.0 Å². The Hall–Kier alpha value is -0.270. The normalized spacial score (nSPS) is 11.1. The molecule has 0 radical (unpaired) electrons. The molecule has 0 aromatic heterocycles. The Labute approximate surface area is 71.0 Å². The predicted octanol–water partition coefficient (Wildman–Crippen LogP) is -0.825. The molecule has 11 heavy (non-hydrogen) atoms. The van der Waals surface area contributed by atoms with Crippen LogP contribution in [-0.2, 0) is 10.0 Å². The highest BCUT2D eigenvalue weighted by molar-refractivity contribution is 7.96. The van der Waals surface area contributed by atoms with Crippen molar-refractivity contribution >= 4 is 27.9 Å². The Morgan fingerprint density at radius 1 is 1.45 bits per heavy atom. The van der Waals surface area contributed by atoms with Gasteiger partial charge in [0, 0.05) is 13.1 Å². The first-order chi connectivity index (χ1) is 4.92. The van der Waals surface area contributed by atoms with Crippen molar-refractivity contribution in [3.05, 3.63) is 0 Å². The summed E-state index contributed by atoms with van der Waals surface area (Å²) in [6.07, 6.45) is 1.05. The van der Waals surface area contributed by atoms with Gasteiger partial charge in [-0.15, -0.1) is 0 Å². The number of sulfonamides is 1. The molecule has 0 atom stereocenters. The van der Waals surface area contributed by atoms with E-state index in [1.54, 1.807) is 0 Å². The van der Waals surface area contributed by atoms with Crippen LogP contribution in [0.2, 0.25) is 0 Å². The van der Waals surface area contributed by atoms with Crippen LogP contribution >= 0.6 is 12.6 Å². The molecular weight excluding hydrogens is 188 g/mol. The SMILES string of the molecule is CS(=O)(=O)NCCNC(=O)S. The molecule has 0 aliphatic heterocycles. The lowest BCUT2D eigenvalue weighted by molar-refractivity contribution is 0.261. The fraction of sp³-hybridized carbons (Fsp3) is 0.750. The minimum atomic E-state index is -3.15. The number of hydrogen-bond donors (Lipinski definition) is 3. The van der Waals surface area contributed by atoms with Crippen LogP contribution in [0.1, 0.15) is 0 Å². The number of rotatable bonds is 4. The molecule has 0 saturated heterocycles. The monoisotopic (exact) mass is 198 g/mol. The predicted molar refractivity (Wildman–Crippen MR) is 45.2 cm³/mol. The van der Waals surface area contributed by atoms with Gasteiger partial charge in [0.05, 0.1) is 6.26 Å². The summed E-state index contributed by atoms with van der Waals surface area (Å²) in [5.74, 6) is 0. The third-order valence-electron chi connectivity index (χ3n) is 0.765. The van der Waals surface area contributed by atoms with E-state index in [9.17, 15) is 13.2 Å². The maximum absolute atomic E-state index is 10.4. The average molecular weight is 198 g/mol. The lowest BCUT2D eigenvalue weighted by Crippen LogP contribution is -2.31. The van der Waals surface area contributed by atoms with Crippen LogP contribution in [0.25, 0.3) is 0 Å². The first-order valence-electron chi connectivity index (χ1n) is 2.83. The molecule has 2 N–H and O–H groups in total. The van der Waals surface area contributed by atoms with Crippen molar-refractivity contribution in [2.75, 3.05) is 19.3 Å². The maximum Gasteiger partial charge on any atom is 0.276 e. The molecule has 7 heteroatoms. The van der Waals surface area contributed by atoms with E-state index in [-0.39, 0.29) is 13.1 Å². The summed E-state index contributed by atoms with van der Waals surface area (Å²) < 4.78 is 23.1. The van der Waals surface area contributed by atoms with E-state index in [0.29, 0.717) is 0 Å². The van der Waals surface area contributed by atoms with Crippen LogP contribution in [0.4, 0.5) is 4.79 Å². The molecule has 0 aromatic carbocycles. The fourth-order valence-electron chi connectivity index (χ4n) is 0.406. The molecule has 0 bridgehead atoms. The number of carbonyl (C=O) groups excluding carboxylic acids is 1. The van der Waals surface area contributed by atoms with E-state index in [0.717, 1.165) is 6.26 Å². The van der Waals surface area contributed by atoms with Gasteiger partial charge in [-0.05, 0) is 0 Å². The number of thiol groups is 1. The Balaban J connectivity index is 3.37. The number of amides is 1. The van der Waals surface area contributed by atoms with E-state index < -0.39 is 15.3 Å². The van der Waals surface area contributed by atoms with Crippen molar-refractivity contribution in [3.8, 4) is 0 Å². The summed E-state index contributed by atoms with van der Waals surface area (Å²) in [4.78, 5) is 10.1. The van der Waals surface area contributed by atoms with Gasteiger partial charge in [-0.2, -0.15) is 0 Å². The van der Waals surface area contributed by atoms with Gasteiger partial charge in [0.15, 0.2) is 0 Å². The minimum Gasteiger partial charge on any atom is -0.346 e. The summed E-state index contributed by atoms with van der Waals surface area (Å²) in [7, 11) is -3.15. The second-order valence-corrected chi connectivity index (χ2v) is 4.14. The summed E-state index contributed by atoms with van der Waals surface area (Å²) in [5.41, 5.74) is 0. The van der Waals surface area contributed by atoms with Gasteiger partial charge < -0.3 is 5.32 Å². The molecule has 1 amide bonds. The number of carbonyl (C=O) groups is 1. The molecular formula is C4H10N2O3S2. The van der Waals surface area contributed by atoms with E-state index in [2.05, 4.69) is 22.7 Å². The number of hydrogen-bond acceptors (Lipinski definition) is 3. The quantitative estimate of drug-likeness (QED) is 0.408. The van der Waals surface area contributed by atoms with E-state index >= 15 is 0 Å². The third kappa shape index (κ3) is 9.73. The topological polar surface area (TPSA) is 75.3 Å². The van der Waals surface area contributed by atoms with Crippen LogP contribution in [0.5, 0.6) is 0 Å². The maximum atomic E-state index is 10.4. The Morgan fingerprint density at radius 3 is 2.36 bits per heavy atom. The number of nitrogens with one attached hydrogen (secondary N) is 2. The second-order valence-electron chi connectivity index (χ2n) is 1.90. The zero-order chi connectivity index (χ0) is 8.91. The molecule has 0 unspecified atom stereocenters. The van der Waals surface area contributed by atoms with Crippen molar-refractivity contribution in [2.45, 2.75) is 0 Å². The van der Waals surface area contributed by atoms with Gasteiger partial charge >= 0.3 is 0 Å². The molecule has 0 aliphatic carbocycles. The van der Waals surface area contributed by atoms with Gasteiger partial charge in [-0.1, -0.05) is 12.6 Å². The van der Waals surface area contributed by atoms with Gasteiger partial charge in [-0.3, -0.25) is 4.79 Å². The molecule has 0 fully saturated rings. The smallest absolute Gasteiger partial charge is 0.276 e. The van der Waals surface area contributed by atoms with Crippen LogP contribution in [0.3, 0.4) is 0 Å². The lowest BCUT2D eigenvalue weighted by atomic mass is 10.7. The van der Waals surface area contributed by atoms with E-state index in [1.165, 1.54) is 0 Å². The summed E-state index contributed by atoms with van der Waals surface area (Å²) in [6, 6.07) is 0. The van der Waals surface area contributed by atoms with Gasteiger partial charge in [0.1, 0.15) is 0 Å². The zero-order valence-electron chi connectivity index (χ0n) is 5.99. The summed E-state index contributed by atoms with van der Waals surface area (Å²) in [6.45, 7) is 0.431. The zero-order valence-corrected chi connectivity index (χ0v) is 7.71. The molecule has 0 aliphatic rings. The van der Waals surface area contributed by atoms with Crippen molar-refractivity contribution in [1.82, 2.24) is 10.0 Å². The third-order valence-corrected chi connectivity index (χ3v) is 1.65. The average Bonchev–Trinajstić information content (AvgIpc) is 1.78. The highest BCUT2D eigenvalue weighted by Crippen LogP contribution is 1.75. The minimum absolute atomic E-state index is 0.186. The summed E-state index contributed by atoms with van der Waals surface area (Å²) >= 11 is 3.42. The van der Waals surface area contributed by atoms with Crippen molar-refractivity contribution in [3.63, 3.8) is 0 Å². The highest BCUT2D eigenvalue weighted by atomic mass is 32.2. The van der Waals surface area contributed by atoms with Crippen molar-refractivity contribution < 1.29 is 13.2 Å². The van der Waals surface area contributed by atoms with Gasteiger partial charge in [0.2, 0.25) is 10.0 Å².